The summed E-state index contributed by atoms with van der Waals surface area (Å²) < 4.78 is 0. The lowest BCUT2D eigenvalue weighted by Gasteiger charge is -2.33. The second kappa shape index (κ2) is 10.7. The molecule has 0 saturated carbocycles. The lowest BCUT2D eigenvalue weighted by atomic mass is 9.82. The summed E-state index contributed by atoms with van der Waals surface area (Å²) in [4.78, 5) is 42.9. The largest absolute Gasteiger partial charge is 0.377 e. The fourth-order valence-corrected chi connectivity index (χ4v) is 5.43. The van der Waals surface area contributed by atoms with Gasteiger partial charge in [0.1, 0.15) is 0 Å². The van der Waals surface area contributed by atoms with Gasteiger partial charge in [0.05, 0.1) is 12.0 Å². The van der Waals surface area contributed by atoms with Crippen LogP contribution in [-0.2, 0) is 9.59 Å². The number of Topliss-reactive ketones (excluding diaryl/α,β-unsaturated/α-hetero) is 1. The van der Waals surface area contributed by atoms with Crippen LogP contribution in [0.5, 0.6) is 0 Å². The number of anilines is 2. The van der Waals surface area contributed by atoms with Crippen molar-refractivity contribution in [3.05, 3.63) is 47.7 Å². The molecule has 3 heterocycles. The summed E-state index contributed by atoms with van der Waals surface area (Å²) in [6.07, 6.45) is 11.4. The first-order chi connectivity index (χ1) is 17.0. The van der Waals surface area contributed by atoms with Crippen molar-refractivity contribution in [2.24, 2.45) is 5.92 Å². The predicted molar refractivity (Wildman–Crippen MR) is 136 cm³/mol. The standard InChI is InChI=1S/C27H35N5O3/c33-25(9-15-31-11-1-2-12-31)28-19-5-7-23-21(17-19)27(35)22-18-20(6-8-24(22)30-23)29-26(34)10-16-32-13-3-4-14-32/h5-8,17-18,21,23,30H,1-4,9-16H2,(H,28,33)(H,29,34). The van der Waals surface area contributed by atoms with E-state index in [1.54, 1.807) is 6.07 Å². The van der Waals surface area contributed by atoms with Gasteiger partial charge in [-0.05, 0) is 82.2 Å². The highest BCUT2D eigenvalue weighted by Crippen LogP contribution is 2.34. The van der Waals surface area contributed by atoms with Gasteiger partial charge >= 0.3 is 0 Å². The zero-order valence-corrected chi connectivity index (χ0v) is 20.2. The zero-order chi connectivity index (χ0) is 24.2. The zero-order valence-electron chi connectivity index (χ0n) is 20.2. The molecule has 0 bridgehead atoms. The number of ketones is 1. The molecule has 4 aliphatic rings. The maximum absolute atomic E-state index is 13.4. The number of likely N-dealkylation sites (tertiary alicyclic amines) is 2. The Bertz CT molecular complexity index is 1040. The molecule has 0 aromatic heterocycles. The molecule has 2 atom stereocenters. The number of carbonyl (C=O) groups excluding carboxylic acids is 3. The van der Waals surface area contributed by atoms with Crippen LogP contribution in [-0.4, -0.2) is 72.7 Å². The number of carbonyl (C=O) groups is 3. The molecule has 3 aliphatic heterocycles. The van der Waals surface area contributed by atoms with E-state index in [0.29, 0.717) is 29.8 Å². The molecule has 2 saturated heterocycles. The Balaban J connectivity index is 1.19. The van der Waals surface area contributed by atoms with E-state index in [2.05, 4.69) is 25.8 Å². The van der Waals surface area contributed by atoms with Gasteiger partial charge in [0.15, 0.2) is 5.78 Å². The van der Waals surface area contributed by atoms with Crippen molar-refractivity contribution in [1.82, 2.24) is 15.1 Å². The van der Waals surface area contributed by atoms with Crippen molar-refractivity contribution in [3.63, 3.8) is 0 Å². The minimum absolute atomic E-state index is 0.00918. The molecule has 2 amide bonds. The van der Waals surface area contributed by atoms with Crippen LogP contribution < -0.4 is 16.0 Å². The lowest BCUT2D eigenvalue weighted by Crippen LogP contribution is -2.40. The molecule has 1 aromatic rings. The van der Waals surface area contributed by atoms with Crippen LogP contribution in [0, 0.1) is 5.92 Å². The molecular weight excluding hydrogens is 442 g/mol. The molecule has 8 nitrogen and oxygen atoms in total. The van der Waals surface area contributed by atoms with Crippen LogP contribution in [0.1, 0.15) is 48.9 Å². The molecule has 35 heavy (non-hydrogen) atoms. The Morgan fingerprint density at radius 3 is 2.20 bits per heavy atom. The highest BCUT2D eigenvalue weighted by molar-refractivity contribution is 6.08. The molecule has 0 spiro atoms. The number of hydrogen-bond donors (Lipinski definition) is 3. The van der Waals surface area contributed by atoms with Gasteiger partial charge in [-0.25, -0.2) is 0 Å². The van der Waals surface area contributed by atoms with E-state index >= 15 is 0 Å². The van der Waals surface area contributed by atoms with Crippen molar-refractivity contribution >= 4 is 29.0 Å². The van der Waals surface area contributed by atoms with E-state index in [4.69, 9.17) is 0 Å². The lowest BCUT2D eigenvalue weighted by molar-refractivity contribution is -0.120. The number of amides is 2. The van der Waals surface area contributed by atoms with Gasteiger partial charge in [0, 0.05) is 48.6 Å². The van der Waals surface area contributed by atoms with E-state index in [1.807, 2.05) is 30.4 Å². The first kappa shape index (κ1) is 23.8. The van der Waals surface area contributed by atoms with Gasteiger partial charge in [-0.15, -0.1) is 0 Å². The Morgan fingerprint density at radius 2 is 1.54 bits per heavy atom. The van der Waals surface area contributed by atoms with Gasteiger partial charge in [0.2, 0.25) is 11.8 Å². The Hall–Kier alpha value is -2.97. The summed E-state index contributed by atoms with van der Waals surface area (Å²) in [5.74, 6) is -0.472. The summed E-state index contributed by atoms with van der Waals surface area (Å²) in [7, 11) is 0. The summed E-state index contributed by atoms with van der Waals surface area (Å²) >= 11 is 0. The quantitative estimate of drug-likeness (QED) is 0.533. The van der Waals surface area contributed by atoms with Gasteiger partial charge in [-0.3, -0.25) is 14.4 Å². The molecule has 3 N–H and O–H groups in total. The van der Waals surface area contributed by atoms with Crippen LogP contribution in [0.3, 0.4) is 0 Å². The third-order valence-electron chi connectivity index (χ3n) is 7.41. The second-order valence-electron chi connectivity index (χ2n) is 10.00. The Kier molecular flexibility index (Phi) is 7.29. The van der Waals surface area contributed by atoms with Crippen LogP contribution in [0.25, 0.3) is 0 Å². The minimum Gasteiger partial charge on any atom is -0.377 e. The molecule has 2 fully saturated rings. The third kappa shape index (κ3) is 5.82. The Morgan fingerprint density at radius 1 is 0.914 bits per heavy atom. The number of nitrogens with zero attached hydrogens (tertiary/aromatic N) is 2. The van der Waals surface area contributed by atoms with Crippen molar-refractivity contribution in [3.8, 4) is 0 Å². The van der Waals surface area contributed by atoms with Gasteiger partial charge in [-0.2, -0.15) is 0 Å². The van der Waals surface area contributed by atoms with E-state index in [9.17, 15) is 14.4 Å². The molecule has 1 aromatic carbocycles. The fraction of sp³-hybridized carbons (Fsp3) is 0.519. The Labute approximate surface area is 206 Å². The van der Waals surface area contributed by atoms with Gasteiger partial charge in [-0.1, -0.05) is 6.08 Å². The van der Waals surface area contributed by atoms with Crippen molar-refractivity contribution in [2.75, 3.05) is 49.9 Å². The van der Waals surface area contributed by atoms with Crippen LogP contribution in [0.4, 0.5) is 11.4 Å². The first-order valence-corrected chi connectivity index (χ1v) is 12.9. The SMILES string of the molecule is O=C(CCN1CCCC1)NC1=CC2C(=O)c3cc(NC(=O)CCN4CCCC4)ccc3NC2C=C1. The van der Waals surface area contributed by atoms with Crippen molar-refractivity contribution in [1.29, 1.82) is 0 Å². The van der Waals surface area contributed by atoms with Crippen molar-refractivity contribution in [2.45, 2.75) is 44.6 Å². The summed E-state index contributed by atoms with van der Waals surface area (Å²) in [5, 5.41) is 9.32. The van der Waals surface area contributed by atoms with Gasteiger partial charge < -0.3 is 25.8 Å². The maximum atomic E-state index is 13.4. The molecule has 5 rings (SSSR count). The van der Waals surface area contributed by atoms with Crippen LogP contribution >= 0.6 is 0 Å². The number of nitrogens with one attached hydrogen (secondary N) is 3. The molecule has 8 heteroatoms. The number of benzene rings is 1. The average Bonchev–Trinajstić information content (AvgIpc) is 3.57. The smallest absolute Gasteiger partial charge is 0.225 e. The highest BCUT2D eigenvalue weighted by atomic mass is 16.2. The molecule has 186 valence electrons. The van der Waals surface area contributed by atoms with Crippen LogP contribution in [0.2, 0.25) is 0 Å². The van der Waals surface area contributed by atoms with E-state index < -0.39 is 5.92 Å². The maximum Gasteiger partial charge on any atom is 0.225 e. The molecular formula is C27H35N5O3. The van der Waals surface area contributed by atoms with E-state index in [-0.39, 0.29) is 23.6 Å². The van der Waals surface area contributed by atoms with Crippen molar-refractivity contribution < 1.29 is 14.4 Å². The summed E-state index contributed by atoms with van der Waals surface area (Å²) in [6.45, 7) is 5.82. The van der Waals surface area contributed by atoms with E-state index in [1.165, 1.54) is 25.7 Å². The normalized spacial score (nSPS) is 23.9. The number of allylic oxidation sites excluding steroid dienone is 1. The monoisotopic (exact) mass is 477 g/mol. The topological polar surface area (TPSA) is 93.8 Å². The van der Waals surface area contributed by atoms with E-state index in [0.717, 1.165) is 45.0 Å². The third-order valence-corrected chi connectivity index (χ3v) is 7.41. The average molecular weight is 478 g/mol. The summed E-state index contributed by atoms with van der Waals surface area (Å²) in [5.41, 5.74) is 2.63. The number of hydrogen-bond acceptors (Lipinski definition) is 6. The fourth-order valence-electron chi connectivity index (χ4n) is 5.43. The summed E-state index contributed by atoms with van der Waals surface area (Å²) in [6, 6.07) is 5.30. The highest BCUT2D eigenvalue weighted by Gasteiger charge is 2.35. The number of fused-ring (bicyclic) bond motifs is 2. The second-order valence-corrected chi connectivity index (χ2v) is 10.00. The number of rotatable bonds is 8. The first-order valence-electron chi connectivity index (χ1n) is 12.9. The van der Waals surface area contributed by atoms with Gasteiger partial charge in [0.25, 0.3) is 0 Å². The predicted octanol–water partition coefficient (Wildman–Crippen LogP) is 2.76. The van der Waals surface area contributed by atoms with Crippen LogP contribution in [0.15, 0.2) is 42.1 Å². The molecule has 2 unspecified atom stereocenters. The molecule has 1 aliphatic carbocycles. The minimum atomic E-state index is -0.400. The molecule has 0 radical (unpaired) electrons.